The maximum absolute atomic E-state index is 12.2. The number of piperazine rings is 1. The summed E-state index contributed by atoms with van der Waals surface area (Å²) in [5.41, 5.74) is 1.39. The van der Waals surface area contributed by atoms with Crippen LogP contribution in [-0.4, -0.2) is 57.6 Å². The SMILES string of the molecule is CC(C)n1c(=O)[nH]c(=O)c2cnc(Nc3ccc(N4CCN(C)CC4)cc3)nc21. The van der Waals surface area contributed by atoms with Gasteiger partial charge in [-0.3, -0.25) is 14.3 Å². The van der Waals surface area contributed by atoms with Gasteiger partial charge in [-0.1, -0.05) is 0 Å². The molecule has 1 aromatic carbocycles. The predicted molar refractivity (Wildman–Crippen MR) is 114 cm³/mol. The Bertz CT molecular complexity index is 1130. The lowest BCUT2D eigenvalue weighted by Crippen LogP contribution is -2.44. The summed E-state index contributed by atoms with van der Waals surface area (Å²) in [4.78, 5) is 40.0. The van der Waals surface area contributed by atoms with Gasteiger partial charge in [0.05, 0.1) is 0 Å². The van der Waals surface area contributed by atoms with Crippen molar-refractivity contribution in [3.63, 3.8) is 0 Å². The molecule has 0 atom stereocenters. The van der Waals surface area contributed by atoms with Crippen molar-refractivity contribution in [1.82, 2.24) is 24.4 Å². The lowest BCUT2D eigenvalue weighted by atomic mass is 10.2. The summed E-state index contributed by atoms with van der Waals surface area (Å²) in [6.07, 6.45) is 1.44. The van der Waals surface area contributed by atoms with Crippen molar-refractivity contribution >= 4 is 28.4 Å². The molecule has 0 bridgehead atoms. The molecule has 2 N–H and O–H groups in total. The topological polar surface area (TPSA) is 99.1 Å². The van der Waals surface area contributed by atoms with E-state index in [9.17, 15) is 9.59 Å². The lowest BCUT2D eigenvalue weighted by Gasteiger charge is -2.34. The van der Waals surface area contributed by atoms with Gasteiger partial charge in [-0.25, -0.2) is 9.78 Å². The standard InChI is InChI=1S/C20H25N7O2/c1-13(2)27-17-16(18(28)24-20(27)29)12-21-19(23-17)22-14-4-6-15(7-5-14)26-10-8-25(3)9-11-26/h4-7,12-13H,8-11H2,1-3H3,(H,21,22,23)(H,24,28,29). The monoisotopic (exact) mass is 395 g/mol. The first-order valence-electron chi connectivity index (χ1n) is 9.74. The molecule has 1 aliphatic rings. The molecule has 1 aliphatic heterocycles. The van der Waals surface area contributed by atoms with Crippen LogP contribution < -0.4 is 21.5 Å². The number of likely N-dealkylation sites (N-methyl/N-ethyl adjacent to an activating group) is 1. The van der Waals surface area contributed by atoms with Crippen LogP contribution in [0.25, 0.3) is 11.0 Å². The molecule has 0 saturated carbocycles. The smallest absolute Gasteiger partial charge is 0.330 e. The normalized spacial score (nSPS) is 15.2. The Balaban J connectivity index is 1.60. The number of anilines is 3. The van der Waals surface area contributed by atoms with E-state index in [1.807, 2.05) is 26.0 Å². The number of nitrogens with zero attached hydrogens (tertiary/aromatic N) is 5. The van der Waals surface area contributed by atoms with Crippen molar-refractivity contribution in [2.24, 2.45) is 0 Å². The van der Waals surface area contributed by atoms with Gasteiger partial charge in [0.25, 0.3) is 5.56 Å². The number of hydrogen-bond donors (Lipinski definition) is 2. The van der Waals surface area contributed by atoms with E-state index < -0.39 is 11.2 Å². The second-order valence-electron chi connectivity index (χ2n) is 7.62. The molecule has 0 aliphatic carbocycles. The van der Waals surface area contributed by atoms with Gasteiger partial charge in [0.1, 0.15) is 5.39 Å². The minimum absolute atomic E-state index is 0.146. The molecular weight excluding hydrogens is 370 g/mol. The number of nitrogens with one attached hydrogen (secondary N) is 2. The summed E-state index contributed by atoms with van der Waals surface area (Å²) >= 11 is 0. The number of fused-ring (bicyclic) bond motifs is 1. The van der Waals surface area contributed by atoms with E-state index in [2.05, 4.69) is 49.2 Å². The Hall–Kier alpha value is -3.20. The van der Waals surface area contributed by atoms with E-state index in [1.54, 1.807) is 0 Å². The zero-order valence-corrected chi connectivity index (χ0v) is 16.8. The Morgan fingerprint density at radius 1 is 1.07 bits per heavy atom. The number of benzene rings is 1. The fourth-order valence-electron chi connectivity index (χ4n) is 3.53. The fourth-order valence-corrected chi connectivity index (χ4v) is 3.53. The molecule has 0 spiro atoms. The minimum Gasteiger partial charge on any atom is -0.369 e. The van der Waals surface area contributed by atoms with Crippen LogP contribution in [-0.2, 0) is 0 Å². The van der Waals surface area contributed by atoms with Crippen molar-refractivity contribution in [1.29, 1.82) is 0 Å². The van der Waals surface area contributed by atoms with Crippen LogP contribution in [0.5, 0.6) is 0 Å². The van der Waals surface area contributed by atoms with Crippen LogP contribution in [0.2, 0.25) is 0 Å². The Morgan fingerprint density at radius 2 is 1.76 bits per heavy atom. The highest BCUT2D eigenvalue weighted by molar-refractivity contribution is 5.74. The Kier molecular flexibility index (Phi) is 5.06. The van der Waals surface area contributed by atoms with Gasteiger partial charge in [-0.2, -0.15) is 4.98 Å². The van der Waals surface area contributed by atoms with Crippen LogP contribution in [0.1, 0.15) is 19.9 Å². The van der Waals surface area contributed by atoms with E-state index in [0.717, 1.165) is 31.9 Å². The van der Waals surface area contributed by atoms with E-state index in [1.165, 1.54) is 16.5 Å². The Labute approximate surface area is 168 Å². The van der Waals surface area contributed by atoms with Gasteiger partial charge in [0.15, 0.2) is 5.65 Å². The average Bonchev–Trinajstić information content (AvgIpc) is 2.69. The number of rotatable bonds is 4. The summed E-state index contributed by atoms with van der Waals surface area (Å²) in [6, 6.07) is 7.96. The van der Waals surface area contributed by atoms with E-state index >= 15 is 0 Å². The minimum atomic E-state index is -0.482. The number of H-pyrrole nitrogens is 1. The quantitative estimate of drug-likeness (QED) is 0.691. The summed E-state index contributed by atoms with van der Waals surface area (Å²) < 4.78 is 1.46. The van der Waals surface area contributed by atoms with Gasteiger partial charge in [-0.15, -0.1) is 0 Å². The first-order valence-corrected chi connectivity index (χ1v) is 9.74. The molecule has 1 saturated heterocycles. The molecule has 9 nitrogen and oxygen atoms in total. The third-order valence-corrected chi connectivity index (χ3v) is 5.19. The van der Waals surface area contributed by atoms with Gasteiger partial charge >= 0.3 is 5.69 Å². The summed E-state index contributed by atoms with van der Waals surface area (Å²) in [6.45, 7) is 7.87. The maximum Gasteiger partial charge on any atom is 0.330 e. The molecule has 29 heavy (non-hydrogen) atoms. The number of aromatic nitrogens is 4. The molecule has 0 radical (unpaired) electrons. The van der Waals surface area contributed by atoms with Crippen LogP contribution >= 0.6 is 0 Å². The zero-order valence-electron chi connectivity index (χ0n) is 16.8. The molecule has 0 unspecified atom stereocenters. The van der Waals surface area contributed by atoms with Crippen molar-refractivity contribution in [2.45, 2.75) is 19.9 Å². The number of hydrogen-bond acceptors (Lipinski definition) is 7. The first kappa shape index (κ1) is 19.1. The summed E-state index contributed by atoms with van der Waals surface area (Å²) in [5, 5.41) is 3.45. The maximum atomic E-state index is 12.2. The Morgan fingerprint density at radius 3 is 2.41 bits per heavy atom. The second-order valence-corrected chi connectivity index (χ2v) is 7.62. The highest BCUT2D eigenvalue weighted by Gasteiger charge is 2.15. The molecule has 152 valence electrons. The number of aromatic amines is 1. The van der Waals surface area contributed by atoms with Crippen molar-refractivity contribution in [3.8, 4) is 0 Å². The van der Waals surface area contributed by atoms with Crippen LogP contribution in [0.15, 0.2) is 40.1 Å². The second kappa shape index (κ2) is 7.67. The predicted octanol–water partition coefficient (Wildman–Crippen LogP) is 1.56. The van der Waals surface area contributed by atoms with Crippen LogP contribution in [0.3, 0.4) is 0 Å². The summed E-state index contributed by atoms with van der Waals surface area (Å²) in [7, 11) is 2.14. The molecule has 4 rings (SSSR count). The lowest BCUT2D eigenvalue weighted by molar-refractivity contribution is 0.313. The summed E-state index contributed by atoms with van der Waals surface area (Å²) in [5.74, 6) is 0.337. The first-order chi connectivity index (χ1) is 13.9. The van der Waals surface area contributed by atoms with E-state index in [-0.39, 0.29) is 11.4 Å². The fraction of sp³-hybridized carbons (Fsp3) is 0.400. The molecule has 3 heterocycles. The molecular formula is C20H25N7O2. The zero-order chi connectivity index (χ0) is 20.5. The highest BCUT2D eigenvalue weighted by atomic mass is 16.2. The van der Waals surface area contributed by atoms with Gasteiger partial charge in [-0.05, 0) is 45.2 Å². The van der Waals surface area contributed by atoms with Crippen LogP contribution in [0, 0.1) is 0 Å². The van der Waals surface area contributed by atoms with E-state index in [0.29, 0.717) is 11.6 Å². The van der Waals surface area contributed by atoms with Gasteiger partial charge < -0.3 is 15.1 Å². The molecule has 9 heteroatoms. The van der Waals surface area contributed by atoms with Crippen LogP contribution in [0.4, 0.5) is 17.3 Å². The largest absolute Gasteiger partial charge is 0.369 e. The average molecular weight is 395 g/mol. The van der Waals surface area contributed by atoms with Gasteiger partial charge in [0, 0.05) is 49.8 Å². The van der Waals surface area contributed by atoms with E-state index in [4.69, 9.17) is 0 Å². The van der Waals surface area contributed by atoms with Gasteiger partial charge in [0.2, 0.25) is 5.95 Å². The highest BCUT2D eigenvalue weighted by Crippen LogP contribution is 2.21. The molecule has 2 aromatic heterocycles. The molecule has 3 aromatic rings. The van der Waals surface area contributed by atoms with Crippen molar-refractivity contribution < 1.29 is 0 Å². The van der Waals surface area contributed by atoms with Crippen molar-refractivity contribution in [3.05, 3.63) is 51.3 Å². The van der Waals surface area contributed by atoms with Crippen molar-refractivity contribution in [2.75, 3.05) is 43.4 Å². The third-order valence-electron chi connectivity index (χ3n) is 5.19. The molecule has 1 fully saturated rings. The molecule has 0 amide bonds. The third kappa shape index (κ3) is 3.86.